The highest BCUT2D eigenvalue weighted by Crippen LogP contribution is 2.44. The number of carbonyl (C=O) groups is 1. The summed E-state index contributed by atoms with van der Waals surface area (Å²) in [6.45, 7) is 0. The van der Waals surface area contributed by atoms with Crippen LogP contribution < -0.4 is 0 Å². The van der Waals surface area contributed by atoms with Crippen LogP contribution in [0.4, 0.5) is 0 Å². The molecule has 0 saturated carbocycles. The molecule has 0 spiro atoms. The lowest BCUT2D eigenvalue weighted by Gasteiger charge is -2.30. The van der Waals surface area contributed by atoms with E-state index in [0.29, 0.717) is 5.57 Å². The molecule has 0 aromatic heterocycles. The van der Waals surface area contributed by atoms with Crippen molar-refractivity contribution in [3.05, 3.63) is 47.5 Å². The van der Waals surface area contributed by atoms with Gasteiger partial charge in [-0.15, -0.1) is 0 Å². The summed E-state index contributed by atoms with van der Waals surface area (Å²) in [7, 11) is 3.05. The maximum Gasteiger partial charge on any atom is 0.232 e. The first-order chi connectivity index (χ1) is 9.71. The van der Waals surface area contributed by atoms with E-state index in [0.717, 1.165) is 5.56 Å². The van der Waals surface area contributed by atoms with Crippen LogP contribution in [0, 0.1) is 11.8 Å². The molecule has 1 aliphatic carbocycles. The Balaban J connectivity index is 1.98. The van der Waals surface area contributed by atoms with E-state index in [1.165, 1.54) is 20.3 Å². The Morgan fingerprint density at radius 2 is 1.85 bits per heavy atom. The summed E-state index contributed by atoms with van der Waals surface area (Å²) in [5.41, 5.74) is 1.36. The molecule has 1 aromatic carbocycles. The van der Waals surface area contributed by atoms with Gasteiger partial charge in [0.2, 0.25) is 5.79 Å². The minimum Gasteiger partial charge on any atom is -0.355 e. The van der Waals surface area contributed by atoms with Gasteiger partial charge in [0.15, 0.2) is 18.0 Å². The normalized spacial score (nSPS) is 26.1. The molecule has 1 heterocycles. The number of fused-ring (bicyclic) bond motifs is 1. The summed E-state index contributed by atoms with van der Waals surface area (Å²) in [6, 6.07) is 9.53. The molecule has 3 rings (SSSR count). The molecule has 1 fully saturated rings. The van der Waals surface area contributed by atoms with Crippen molar-refractivity contribution in [3.63, 3.8) is 0 Å². The maximum absolute atomic E-state index is 11.8. The van der Waals surface area contributed by atoms with Crippen molar-refractivity contribution in [3.8, 4) is 11.8 Å². The molecule has 102 valence electrons. The van der Waals surface area contributed by atoms with Crippen LogP contribution in [0.3, 0.4) is 0 Å². The lowest BCUT2D eigenvalue weighted by molar-refractivity contribution is -0.188. The van der Waals surface area contributed by atoms with Gasteiger partial charge in [0.25, 0.3) is 0 Å². The van der Waals surface area contributed by atoms with Gasteiger partial charge in [0.05, 0.1) is 5.57 Å². The largest absolute Gasteiger partial charge is 0.355 e. The number of carbonyl (C=O) groups excluding carboxylic acids is 1. The van der Waals surface area contributed by atoms with Gasteiger partial charge in [0.1, 0.15) is 0 Å². The van der Waals surface area contributed by atoms with E-state index in [9.17, 15) is 4.79 Å². The highest BCUT2D eigenvalue weighted by atomic mass is 16.7. The Kier molecular flexibility index (Phi) is 3.19. The molecule has 2 unspecified atom stereocenters. The van der Waals surface area contributed by atoms with Gasteiger partial charge in [-0.3, -0.25) is 4.79 Å². The van der Waals surface area contributed by atoms with Crippen LogP contribution in [0.1, 0.15) is 5.56 Å². The highest BCUT2D eigenvalue weighted by Gasteiger charge is 2.63. The summed E-state index contributed by atoms with van der Waals surface area (Å²) in [4.78, 5) is 11.8. The fourth-order valence-corrected chi connectivity index (χ4v) is 2.42. The molecule has 4 heteroatoms. The van der Waals surface area contributed by atoms with E-state index in [4.69, 9.17) is 14.2 Å². The predicted octanol–water partition coefficient (Wildman–Crippen LogP) is 1.30. The quantitative estimate of drug-likeness (QED) is 0.462. The van der Waals surface area contributed by atoms with Crippen molar-refractivity contribution in [1.29, 1.82) is 0 Å². The van der Waals surface area contributed by atoms with Gasteiger partial charge in [-0.25, -0.2) is 0 Å². The van der Waals surface area contributed by atoms with Crippen molar-refractivity contribution in [2.24, 2.45) is 0 Å². The summed E-state index contributed by atoms with van der Waals surface area (Å²) in [6.07, 6.45) is 0.587. The first-order valence-electron chi connectivity index (χ1n) is 6.30. The van der Waals surface area contributed by atoms with Gasteiger partial charge >= 0.3 is 0 Å². The second-order valence-electron chi connectivity index (χ2n) is 4.63. The predicted molar refractivity (Wildman–Crippen MR) is 71.8 cm³/mol. The Hall–Kier alpha value is -1.93. The van der Waals surface area contributed by atoms with Crippen LogP contribution in [-0.4, -0.2) is 38.0 Å². The van der Waals surface area contributed by atoms with E-state index < -0.39 is 18.0 Å². The average molecular weight is 270 g/mol. The summed E-state index contributed by atoms with van der Waals surface area (Å²) in [5, 5.41) is 0. The van der Waals surface area contributed by atoms with Gasteiger partial charge in [-0.2, -0.15) is 0 Å². The zero-order valence-corrected chi connectivity index (χ0v) is 11.3. The van der Waals surface area contributed by atoms with Crippen molar-refractivity contribution in [2.75, 3.05) is 14.2 Å². The molecule has 0 amide bonds. The number of ketones is 1. The Bertz CT molecular complexity index is 617. The number of hydrogen-bond acceptors (Lipinski definition) is 4. The third kappa shape index (κ3) is 1.97. The SMILES string of the molecule is COC1(OC)C(C#Cc2ccccc2)=CC(=O)C2OC21. The third-order valence-corrected chi connectivity index (χ3v) is 3.53. The first-order valence-corrected chi connectivity index (χ1v) is 6.30. The Labute approximate surface area is 117 Å². The molecule has 2 aliphatic rings. The van der Waals surface area contributed by atoms with Crippen LogP contribution in [0.25, 0.3) is 0 Å². The Morgan fingerprint density at radius 3 is 2.50 bits per heavy atom. The molecular weight excluding hydrogens is 256 g/mol. The van der Waals surface area contributed by atoms with E-state index in [2.05, 4.69) is 11.8 Å². The second-order valence-corrected chi connectivity index (χ2v) is 4.63. The monoisotopic (exact) mass is 270 g/mol. The minimum absolute atomic E-state index is 0.0860. The average Bonchev–Trinajstić information content (AvgIpc) is 3.28. The molecule has 1 aliphatic heterocycles. The first kappa shape index (κ1) is 13.1. The number of ether oxygens (including phenoxy) is 3. The van der Waals surface area contributed by atoms with Crippen LogP contribution in [-0.2, 0) is 19.0 Å². The molecule has 2 atom stereocenters. The minimum atomic E-state index is -1.08. The van der Waals surface area contributed by atoms with Crippen LogP contribution in [0.2, 0.25) is 0 Å². The number of hydrogen-bond donors (Lipinski definition) is 0. The number of epoxide rings is 1. The molecule has 0 N–H and O–H groups in total. The van der Waals surface area contributed by atoms with Crippen molar-refractivity contribution in [2.45, 2.75) is 18.0 Å². The Morgan fingerprint density at radius 1 is 1.15 bits per heavy atom. The molecule has 1 aromatic rings. The van der Waals surface area contributed by atoms with E-state index >= 15 is 0 Å². The molecule has 0 radical (unpaired) electrons. The molecule has 4 nitrogen and oxygen atoms in total. The van der Waals surface area contributed by atoms with Crippen LogP contribution in [0.5, 0.6) is 0 Å². The highest BCUT2D eigenvalue weighted by molar-refractivity contribution is 5.99. The molecule has 0 bridgehead atoms. The maximum atomic E-state index is 11.8. The van der Waals surface area contributed by atoms with Gasteiger partial charge < -0.3 is 14.2 Å². The van der Waals surface area contributed by atoms with Crippen molar-refractivity contribution in [1.82, 2.24) is 0 Å². The summed E-state index contributed by atoms with van der Waals surface area (Å²) < 4.78 is 16.3. The topological polar surface area (TPSA) is 48.1 Å². The van der Waals surface area contributed by atoms with Crippen LogP contribution in [0.15, 0.2) is 42.0 Å². The smallest absolute Gasteiger partial charge is 0.232 e. The van der Waals surface area contributed by atoms with Crippen LogP contribution >= 0.6 is 0 Å². The number of benzene rings is 1. The van der Waals surface area contributed by atoms with Crippen molar-refractivity contribution >= 4 is 5.78 Å². The zero-order chi connectivity index (χ0) is 14.2. The van der Waals surface area contributed by atoms with Crippen molar-refractivity contribution < 1.29 is 19.0 Å². The molecular formula is C16H14O4. The van der Waals surface area contributed by atoms with E-state index in [1.807, 2.05) is 30.3 Å². The van der Waals surface area contributed by atoms with Gasteiger partial charge in [-0.1, -0.05) is 30.0 Å². The summed E-state index contributed by atoms with van der Waals surface area (Å²) in [5.74, 6) is 4.82. The standard InChI is InChI=1S/C16H14O4/c1-18-16(19-2)12(10-13(17)14-15(16)20-14)9-8-11-6-4-3-5-7-11/h3-7,10,14-15H,1-2H3. The lowest BCUT2D eigenvalue weighted by atomic mass is 9.91. The third-order valence-electron chi connectivity index (χ3n) is 3.53. The second kappa shape index (κ2) is 4.88. The van der Waals surface area contributed by atoms with E-state index in [-0.39, 0.29) is 5.78 Å². The zero-order valence-electron chi connectivity index (χ0n) is 11.3. The van der Waals surface area contributed by atoms with E-state index in [1.54, 1.807) is 0 Å². The van der Waals surface area contributed by atoms with Gasteiger partial charge in [-0.05, 0) is 12.1 Å². The van der Waals surface area contributed by atoms with Gasteiger partial charge in [0, 0.05) is 25.9 Å². The fourth-order valence-electron chi connectivity index (χ4n) is 2.42. The number of methoxy groups -OCH3 is 2. The summed E-state index contributed by atoms with van der Waals surface area (Å²) >= 11 is 0. The molecule has 1 saturated heterocycles. The number of rotatable bonds is 2. The lowest BCUT2D eigenvalue weighted by Crippen LogP contribution is -2.46. The fraction of sp³-hybridized carbons (Fsp3) is 0.312. The molecule has 20 heavy (non-hydrogen) atoms.